The quantitative estimate of drug-likeness (QED) is 0.863. The molecule has 0 fully saturated rings. The lowest BCUT2D eigenvalue weighted by molar-refractivity contribution is 0.0697. The molecule has 4 nitrogen and oxygen atoms in total. The largest absolute Gasteiger partial charge is 0.478 e. The van der Waals surface area contributed by atoms with Crippen LogP contribution in [-0.4, -0.2) is 16.1 Å². The summed E-state index contributed by atoms with van der Waals surface area (Å²) in [5.74, 6) is -0.898. The molecule has 0 amide bonds. The number of aromatic carboxylic acids is 1. The average molecular weight is 256 g/mol. The smallest absolute Gasteiger partial charge is 0.335 e. The van der Waals surface area contributed by atoms with E-state index in [1.54, 1.807) is 24.5 Å². The SMILES string of the molecule is CC(NCc1ccc(C(=O)O)cc1)c1ccncc1. The number of carboxylic acids is 1. The Bertz CT molecular complexity index is 538. The molecule has 0 aliphatic heterocycles. The van der Waals surface area contributed by atoms with Crippen LogP contribution in [0.2, 0.25) is 0 Å². The zero-order valence-electron chi connectivity index (χ0n) is 10.7. The van der Waals surface area contributed by atoms with Gasteiger partial charge in [-0.1, -0.05) is 12.1 Å². The second-order valence-electron chi connectivity index (χ2n) is 4.39. The fourth-order valence-electron chi connectivity index (χ4n) is 1.81. The number of carboxylic acid groups (broad SMARTS) is 1. The molecular weight excluding hydrogens is 240 g/mol. The number of hydrogen-bond donors (Lipinski definition) is 2. The van der Waals surface area contributed by atoms with E-state index in [0.29, 0.717) is 12.1 Å². The lowest BCUT2D eigenvalue weighted by atomic mass is 10.1. The predicted molar refractivity (Wildman–Crippen MR) is 72.9 cm³/mol. The van der Waals surface area contributed by atoms with Crippen LogP contribution < -0.4 is 5.32 Å². The Morgan fingerprint density at radius 3 is 2.42 bits per heavy atom. The molecule has 1 atom stereocenters. The van der Waals surface area contributed by atoms with Crippen LogP contribution in [0.3, 0.4) is 0 Å². The van der Waals surface area contributed by atoms with Gasteiger partial charge in [0, 0.05) is 25.0 Å². The molecule has 0 saturated heterocycles. The van der Waals surface area contributed by atoms with Gasteiger partial charge >= 0.3 is 5.97 Å². The van der Waals surface area contributed by atoms with Crippen LogP contribution in [0, 0.1) is 0 Å². The maximum Gasteiger partial charge on any atom is 0.335 e. The first-order valence-electron chi connectivity index (χ1n) is 6.12. The fraction of sp³-hybridized carbons (Fsp3) is 0.200. The fourth-order valence-corrected chi connectivity index (χ4v) is 1.81. The molecule has 1 aromatic heterocycles. The van der Waals surface area contributed by atoms with E-state index in [-0.39, 0.29) is 6.04 Å². The molecule has 1 unspecified atom stereocenters. The highest BCUT2D eigenvalue weighted by Crippen LogP contribution is 2.12. The Kier molecular flexibility index (Phi) is 4.26. The van der Waals surface area contributed by atoms with Crippen molar-refractivity contribution in [1.82, 2.24) is 10.3 Å². The average Bonchev–Trinajstić information content (AvgIpc) is 2.46. The van der Waals surface area contributed by atoms with Crippen LogP contribution >= 0.6 is 0 Å². The van der Waals surface area contributed by atoms with E-state index in [1.165, 1.54) is 5.56 Å². The van der Waals surface area contributed by atoms with Crippen molar-refractivity contribution >= 4 is 5.97 Å². The lowest BCUT2D eigenvalue weighted by Crippen LogP contribution is -2.18. The van der Waals surface area contributed by atoms with E-state index in [9.17, 15) is 4.79 Å². The van der Waals surface area contributed by atoms with E-state index < -0.39 is 5.97 Å². The van der Waals surface area contributed by atoms with Crippen molar-refractivity contribution in [3.8, 4) is 0 Å². The molecule has 2 aromatic rings. The summed E-state index contributed by atoms with van der Waals surface area (Å²) in [5.41, 5.74) is 2.55. The molecule has 0 aliphatic rings. The summed E-state index contributed by atoms with van der Waals surface area (Å²) in [4.78, 5) is 14.7. The predicted octanol–water partition coefficient (Wildman–Crippen LogP) is 2.63. The van der Waals surface area contributed by atoms with Crippen molar-refractivity contribution in [2.24, 2.45) is 0 Å². The van der Waals surface area contributed by atoms with Gasteiger partial charge in [-0.3, -0.25) is 4.98 Å². The number of carbonyl (C=O) groups is 1. The van der Waals surface area contributed by atoms with Crippen molar-refractivity contribution in [2.45, 2.75) is 19.5 Å². The van der Waals surface area contributed by atoms with Gasteiger partial charge in [0.2, 0.25) is 0 Å². The number of hydrogen-bond acceptors (Lipinski definition) is 3. The van der Waals surface area contributed by atoms with Gasteiger partial charge in [0.1, 0.15) is 0 Å². The second-order valence-corrected chi connectivity index (χ2v) is 4.39. The van der Waals surface area contributed by atoms with Crippen molar-refractivity contribution < 1.29 is 9.90 Å². The van der Waals surface area contributed by atoms with Crippen molar-refractivity contribution in [2.75, 3.05) is 0 Å². The molecule has 98 valence electrons. The first kappa shape index (κ1) is 13.2. The number of benzene rings is 1. The number of pyridine rings is 1. The van der Waals surface area contributed by atoms with Crippen molar-refractivity contribution in [3.05, 3.63) is 65.5 Å². The van der Waals surface area contributed by atoms with Crippen LogP contribution in [0.15, 0.2) is 48.8 Å². The molecule has 0 radical (unpaired) electrons. The third-order valence-electron chi connectivity index (χ3n) is 3.02. The van der Waals surface area contributed by atoms with Crippen molar-refractivity contribution in [3.63, 3.8) is 0 Å². The Labute approximate surface area is 112 Å². The van der Waals surface area contributed by atoms with Crippen LogP contribution in [0.5, 0.6) is 0 Å². The van der Waals surface area contributed by atoms with Gasteiger partial charge in [0.05, 0.1) is 5.56 Å². The van der Waals surface area contributed by atoms with E-state index >= 15 is 0 Å². The summed E-state index contributed by atoms with van der Waals surface area (Å²) in [6.07, 6.45) is 3.55. The number of aromatic nitrogens is 1. The molecule has 1 aromatic carbocycles. The topological polar surface area (TPSA) is 62.2 Å². The van der Waals surface area contributed by atoms with Gasteiger partial charge < -0.3 is 10.4 Å². The summed E-state index contributed by atoms with van der Waals surface area (Å²) < 4.78 is 0. The minimum Gasteiger partial charge on any atom is -0.478 e. The first-order chi connectivity index (χ1) is 9.16. The van der Waals surface area contributed by atoms with Crippen LogP contribution in [0.4, 0.5) is 0 Å². The Morgan fingerprint density at radius 1 is 1.21 bits per heavy atom. The van der Waals surface area contributed by atoms with E-state index in [4.69, 9.17) is 5.11 Å². The van der Waals surface area contributed by atoms with E-state index in [0.717, 1.165) is 5.56 Å². The highest BCUT2D eigenvalue weighted by atomic mass is 16.4. The van der Waals surface area contributed by atoms with Gasteiger partial charge in [0.25, 0.3) is 0 Å². The third kappa shape index (κ3) is 3.63. The molecular formula is C15H16N2O2. The molecule has 4 heteroatoms. The maximum atomic E-state index is 10.7. The van der Waals surface area contributed by atoms with E-state index in [2.05, 4.69) is 17.2 Å². The lowest BCUT2D eigenvalue weighted by Gasteiger charge is -2.14. The molecule has 0 bridgehead atoms. The van der Waals surface area contributed by atoms with Gasteiger partial charge in [-0.2, -0.15) is 0 Å². The summed E-state index contributed by atoms with van der Waals surface area (Å²) in [5, 5.41) is 12.2. The highest BCUT2D eigenvalue weighted by Gasteiger charge is 2.05. The number of nitrogens with one attached hydrogen (secondary N) is 1. The Balaban J connectivity index is 1.93. The van der Waals surface area contributed by atoms with Gasteiger partial charge in [-0.25, -0.2) is 4.79 Å². The molecule has 0 saturated carbocycles. The monoisotopic (exact) mass is 256 g/mol. The van der Waals surface area contributed by atoms with Crippen LogP contribution in [0.1, 0.15) is 34.5 Å². The number of nitrogens with zero attached hydrogens (tertiary/aromatic N) is 1. The molecule has 1 heterocycles. The van der Waals surface area contributed by atoms with Gasteiger partial charge in [0.15, 0.2) is 0 Å². The zero-order valence-corrected chi connectivity index (χ0v) is 10.7. The molecule has 0 aliphatic carbocycles. The van der Waals surface area contributed by atoms with Crippen LogP contribution in [-0.2, 0) is 6.54 Å². The molecule has 2 rings (SSSR count). The van der Waals surface area contributed by atoms with Crippen molar-refractivity contribution in [1.29, 1.82) is 0 Å². The number of rotatable bonds is 5. The zero-order chi connectivity index (χ0) is 13.7. The van der Waals surface area contributed by atoms with Gasteiger partial charge in [-0.15, -0.1) is 0 Å². The minimum absolute atomic E-state index is 0.224. The minimum atomic E-state index is -0.898. The second kappa shape index (κ2) is 6.11. The normalized spacial score (nSPS) is 12.1. The third-order valence-corrected chi connectivity index (χ3v) is 3.02. The molecule has 2 N–H and O–H groups in total. The Morgan fingerprint density at radius 2 is 1.84 bits per heavy atom. The van der Waals surface area contributed by atoms with E-state index in [1.807, 2.05) is 24.3 Å². The summed E-state index contributed by atoms with van der Waals surface area (Å²) in [6, 6.07) is 11.1. The highest BCUT2D eigenvalue weighted by molar-refractivity contribution is 5.87. The first-order valence-corrected chi connectivity index (χ1v) is 6.12. The van der Waals surface area contributed by atoms with Gasteiger partial charge in [-0.05, 0) is 42.3 Å². The molecule has 0 spiro atoms. The summed E-state index contributed by atoms with van der Waals surface area (Å²) in [6.45, 7) is 2.78. The maximum absolute atomic E-state index is 10.7. The molecule has 19 heavy (non-hydrogen) atoms. The summed E-state index contributed by atoms with van der Waals surface area (Å²) in [7, 11) is 0. The van der Waals surface area contributed by atoms with Crippen LogP contribution in [0.25, 0.3) is 0 Å². The standard InChI is InChI=1S/C15H16N2O2/c1-11(13-6-8-16-9-7-13)17-10-12-2-4-14(5-3-12)15(18)19/h2-9,11,17H,10H2,1H3,(H,18,19). The summed E-state index contributed by atoms with van der Waals surface area (Å²) >= 11 is 0. The Hall–Kier alpha value is -2.20.